The van der Waals surface area contributed by atoms with Crippen molar-refractivity contribution in [3.05, 3.63) is 28.3 Å². The van der Waals surface area contributed by atoms with Gasteiger partial charge in [-0.2, -0.15) is 11.8 Å². The SMILES string of the molecule is CCCOc1cccc(NC(C)CCSC)c1[N+](=O)[O-]. The fraction of sp³-hybridized carbons (Fsp3) is 0.571. The summed E-state index contributed by atoms with van der Waals surface area (Å²) in [5.41, 5.74) is 0.550. The predicted molar refractivity (Wildman–Crippen MR) is 85.0 cm³/mol. The molecule has 0 aliphatic rings. The van der Waals surface area contributed by atoms with Gasteiger partial charge in [0.05, 0.1) is 11.5 Å². The molecular formula is C14H22N2O3S. The average Bonchev–Trinajstić information content (AvgIpc) is 2.42. The van der Waals surface area contributed by atoms with Gasteiger partial charge in [-0.05, 0) is 43.9 Å². The van der Waals surface area contributed by atoms with Crippen LogP contribution < -0.4 is 10.1 Å². The van der Waals surface area contributed by atoms with Crippen LogP contribution in [0, 0.1) is 10.1 Å². The summed E-state index contributed by atoms with van der Waals surface area (Å²) in [6.07, 6.45) is 3.83. The largest absolute Gasteiger partial charge is 0.487 e. The molecule has 0 saturated heterocycles. The third-order valence-corrected chi connectivity index (χ3v) is 3.44. The van der Waals surface area contributed by atoms with Crippen molar-refractivity contribution in [3.8, 4) is 5.75 Å². The molecule has 0 amide bonds. The molecule has 1 aromatic carbocycles. The lowest BCUT2D eigenvalue weighted by atomic mass is 10.2. The summed E-state index contributed by atoms with van der Waals surface area (Å²) in [7, 11) is 0. The smallest absolute Gasteiger partial charge is 0.333 e. The van der Waals surface area contributed by atoms with Gasteiger partial charge < -0.3 is 10.1 Å². The summed E-state index contributed by atoms with van der Waals surface area (Å²) in [6.45, 7) is 4.48. The van der Waals surface area contributed by atoms with Crippen LogP contribution in [0.3, 0.4) is 0 Å². The van der Waals surface area contributed by atoms with Crippen molar-refractivity contribution in [2.75, 3.05) is 23.9 Å². The zero-order chi connectivity index (χ0) is 15.0. The van der Waals surface area contributed by atoms with Crippen molar-refractivity contribution < 1.29 is 9.66 Å². The number of thioether (sulfide) groups is 1. The molecule has 0 aromatic heterocycles. The van der Waals surface area contributed by atoms with Crippen molar-refractivity contribution in [2.24, 2.45) is 0 Å². The Kier molecular flexibility index (Phi) is 7.22. The van der Waals surface area contributed by atoms with Crippen LogP contribution in [-0.2, 0) is 0 Å². The maximum atomic E-state index is 11.3. The summed E-state index contributed by atoms with van der Waals surface area (Å²) in [4.78, 5) is 10.9. The van der Waals surface area contributed by atoms with Gasteiger partial charge >= 0.3 is 5.69 Å². The summed E-state index contributed by atoms with van der Waals surface area (Å²) in [5.74, 6) is 1.35. The first kappa shape index (κ1) is 16.6. The number of nitro benzene ring substituents is 1. The number of hydrogen-bond acceptors (Lipinski definition) is 5. The predicted octanol–water partition coefficient (Wildman–Crippen LogP) is 3.94. The molecule has 6 heteroatoms. The molecule has 0 spiro atoms. The van der Waals surface area contributed by atoms with Crippen LogP contribution in [-0.4, -0.2) is 29.6 Å². The zero-order valence-electron chi connectivity index (χ0n) is 12.2. The molecule has 0 fully saturated rings. The van der Waals surface area contributed by atoms with Crippen LogP contribution in [0.25, 0.3) is 0 Å². The standard InChI is InChI=1S/C14H22N2O3S/c1-4-9-19-13-7-5-6-12(14(13)16(17)18)15-11(2)8-10-20-3/h5-7,11,15H,4,8-10H2,1-3H3. The molecule has 5 nitrogen and oxygen atoms in total. The highest BCUT2D eigenvalue weighted by Gasteiger charge is 2.21. The zero-order valence-corrected chi connectivity index (χ0v) is 13.0. The Morgan fingerprint density at radius 1 is 1.50 bits per heavy atom. The second-order valence-corrected chi connectivity index (χ2v) is 5.57. The summed E-state index contributed by atoms with van der Waals surface area (Å²) < 4.78 is 5.47. The van der Waals surface area contributed by atoms with Crippen molar-refractivity contribution in [1.82, 2.24) is 0 Å². The van der Waals surface area contributed by atoms with E-state index in [1.54, 1.807) is 30.0 Å². The molecule has 112 valence electrons. The van der Waals surface area contributed by atoms with Gasteiger partial charge in [0, 0.05) is 6.04 Å². The Morgan fingerprint density at radius 2 is 2.25 bits per heavy atom. The molecule has 1 atom stereocenters. The third kappa shape index (κ3) is 4.92. The first-order valence-electron chi connectivity index (χ1n) is 6.75. The van der Waals surface area contributed by atoms with Crippen LogP contribution in [0.5, 0.6) is 5.75 Å². The highest BCUT2D eigenvalue weighted by molar-refractivity contribution is 7.98. The lowest BCUT2D eigenvalue weighted by Crippen LogP contribution is -2.17. The maximum absolute atomic E-state index is 11.3. The molecule has 0 saturated carbocycles. The summed E-state index contributed by atoms with van der Waals surface area (Å²) in [5, 5.41) is 14.5. The minimum atomic E-state index is -0.380. The van der Waals surface area contributed by atoms with E-state index in [0.717, 1.165) is 18.6 Å². The quantitative estimate of drug-likeness (QED) is 0.552. The fourth-order valence-corrected chi connectivity index (χ4v) is 2.38. The van der Waals surface area contributed by atoms with Gasteiger partial charge in [-0.25, -0.2) is 0 Å². The van der Waals surface area contributed by atoms with Crippen LogP contribution in [0.15, 0.2) is 18.2 Å². The topological polar surface area (TPSA) is 64.4 Å². The molecule has 1 aromatic rings. The first-order chi connectivity index (χ1) is 9.60. The number of benzene rings is 1. The monoisotopic (exact) mass is 298 g/mol. The molecule has 0 heterocycles. The number of rotatable bonds is 9. The molecule has 0 aliphatic carbocycles. The van der Waals surface area contributed by atoms with Crippen LogP contribution in [0.4, 0.5) is 11.4 Å². The van der Waals surface area contributed by atoms with E-state index in [9.17, 15) is 10.1 Å². The number of nitrogens with one attached hydrogen (secondary N) is 1. The highest BCUT2D eigenvalue weighted by atomic mass is 32.2. The van der Waals surface area contributed by atoms with E-state index in [1.807, 2.05) is 20.1 Å². The van der Waals surface area contributed by atoms with E-state index in [4.69, 9.17) is 4.74 Å². The van der Waals surface area contributed by atoms with Gasteiger partial charge in [0.25, 0.3) is 0 Å². The normalized spacial score (nSPS) is 11.9. The average molecular weight is 298 g/mol. The van der Waals surface area contributed by atoms with E-state index in [-0.39, 0.29) is 16.7 Å². The molecule has 1 rings (SSSR count). The number of nitro groups is 1. The minimum Gasteiger partial charge on any atom is -0.487 e. The molecule has 0 radical (unpaired) electrons. The van der Waals surface area contributed by atoms with E-state index >= 15 is 0 Å². The van der Waals surface area contributed by atoms with Gasteiger partial charge in [0.15, 0.2) is 5.75 Å². The Labute approximate surface area is 124 Å². The van der Waals surface area contributed by atoms with E-state index in [0.29, 0.717) is 18.0 Å². The second-order valence-electron chi connectivity index (χ2n) is 4.58. The van der Waals surface area contributed by atoms with Gasteiger partial charge in [0.2, 0.25) is 0 Å². The Hall–Kier alpha value is -1.43. The van der Waals surface area contributed by atoms with Gasteiger partial charge in [0.1, 0.15) is 5.69 Å². The molecule has 1 unspecified atom stereocenters. The minimum absolute atomic E-state index is 0.0250. The summed E-state index contributed by atoms with van der Waals surface area (Å²) >= 11 is 1.77. The van der Waals surface area contributed by atoms with Gasteiger partial charge in [-0.3, -0.25) is 10.1 Å². The molecule has 0 aliphatic heterocycles. The van der Waals surface area contributed by atoms with Gasteiger partial charge in [-0.15, -0.1) is 0 Å². The van der Waals surface area contributed by atoms with Crippen molar-refractivity contribution in [3.63, 3.8) is 0 Å². The van der Waals surface area contributed by atoms with Crippen molar-refractivity contribution >= 4 is 23.1 Å². The molecule has 20 heavy (non-hydrogen) atoms. The summed E-state index contributed by atoms with van der Waals surface area (Å²) in [6, 6.07) is 5.34. The Morgan fingerprint density at radius 3 is 2.85 bits per heavy atom. The third-order valence-electron chi connectivity index (χ3n) is 2.80. The number of nitrogens with zero attached hydrogens (tertiary/aromatic N) is 1. The number of anilines is 1. The van der Waals surface area contributed by atoms with E-state index in [2.05, 4.69) is 5.32 Å². The first-order valence-corrected chi connectivity index (χ1v) is 8.15. The lowest BCUT2D eigenvalue weighted by molar-refractivity contribution is -0.385. The van der Waals surface area contributed by atoms with Crippen LogP contribution in [0.2, 0.25) is 0 Å². The number of hydrogen-bond donors (Lipinski definition) is 1. The number of para-hydroxylation sites is 1. The molecular weight excluding hydrogens is 276 g/mol. The highest BCUT2D eigenvalue weighted by Crippen LogP contribution is 2.35. The molecule has 1 N–H and O–H groups in total. The lowest BCUT2D eigenvalue weighted by Gasteiger charge is -2.16. The fourth-order valence-electron chi connectivity index (χ4n) is 1.79. The Bertz CT molecular complexity index is 440. The second kappa shape index (κ2) is 8.68. The molecule has 0 bridgehead atoms. The van der Waals surface area contributed by atoms with Crippen LogP contribution >= 0.6 is 11.8 Å². The van der Waals surface area contributed by atoms with Crippen LogP contribution in [0.1, 0.15) is 26.7 Å². The Balaban J connectivity index is 2.91. The van der Waals surface area contributed by atoms with Gasteiger partial charge in [-0.1, -0.05) is 13.0 Å². The van der Waals surface area contributed by atoms with Crippen molar-refractivity contribution in [1.29, 1.82) is 0 Å². The maximum Gasteiger partial charge on any atom is 0.333 e. The van der Waals surface area contributed by atoms with E-state index < -0.39 is 0 Å². The number of ether oxygens (including phenoxy) is 1. The van der Waals surface area contributed by atoms with Crippen molar-refractivity contribution in [2.45, 2.75) is 32.7 Å². The van der Waals surface area contributed by atoms with E-state index in [1.165, 1.54) is 0 Å².